The zero-order chi connectivity index (χ0) is 16.3. The molecule has 0 aliphatic heterocycles. The smallest absolute Gasteiger partial charge is 0.337 e. The highest BCUT2D eigenvalue weighted by molar-refractivity contribution is 6.29. The van der Waals surface area contributed by atoms with E-state index in [1.165, 1.54) is 36.3 Å². The predicted octanol–water partition coefficient (Wildman–Crippen LogP) is 4.03. The standard InChI is InChI=1S/C15H12ClF3N2O/c1-21(14(22)11-5-6-13(16)20-8-11)9-10-3-2-4-12(7-10)15(17,18)19/h2-8H,9H2,1H3. The van der Waals surface area contributed by atoms with E-state index in [0.29, 0.717) is 11.1 Å². The molecule has 1 aromatic heterocycles. The van der Waals surface area contributed by atoms with Gasteiger partial charge in [0.1, 0.15) is 5.15 Å². The van der Waals surface area contributed by atoms with Crippen LogP contribution in [-0.4, -0.2) is 22.8 Å². The van der Waals surface area contributed by atoms with Crippen molar-refractivity contribution in [3.63, 3.8) is 0 Å². The van der Waals surface area contributed by atoms with Crippen molar-refractivity contribution in [3.05, 3.63) is 64.4 Å². The molecule has 0 radical (unpaired) electrons. The summed E-state index contributed by atoms with van der Waals surface area (Å²) in [5, 5.41) is 0.261. The van der Waals surface area contributed by atoms with Crippen molar-refractivity contribution in [3.8, 4) is 0 Å². The van der Waals surface area contributed by atoms with Crippen LogP contribution in [0.2, 0.25) is 5.15 Å². The SMILES string of the molecule is CN(Cc1cccc(C(F)(F)F)c1)C(=O)c1ccc(Cl)nc1. The molecule has 1 aromatic carbocycles. The van der Waals surface area contributed by atoms with Gasteiger partial charge in [0.05, 0.1) is 11.1 Å². The summed E-state index contributed by atoms with van der Waals surface area (Å²) in [5.41, 5.74) is -0.0227. The first kappa shape index (κ1) is 16.3. The van der Waals surface area contributed by atoms with Gasteiger partial charge in [0, 0.05) is 19.8 Å². The number of alkyl halides is 3. The van der Waals surface area contributed by atoms with Gasteiger partial charge in [-0.1, -0.05) is 23.7 Å². The Hall–Kier alpha value is -2.08. The fraction of sp³-hybridized carbons (Fsp3) is 0.200. The summed E-state index contributed by atoms with van der Waals surface area (Å²) in [6.45, 7) is 0.0609. The highest BCUT2D eigenvalue weighted by Gasteiger charge is 2.30. The molecule has 0 unspecified atom stereocenters. The van der Waals surface area contributed by atoms with Crippen LogP contribution in [0.15, 0.2) is 42.6 Å². The summed E-state index contributed by atoms with van der Waals surface area (Å²) in [5.74, 6) is -0.346. The van der Waals surface area contributed by atoms with Crippen molar-refractivity contribution in [2.75, 3.05) is 7.05 Å². The average Bonchev–Trinajstić information content (AvgIpc) is 2.46. The summed E-state index contributed by atoms with van der Waals surface area (Å²) < 4.78 is 38.0. The average molecular weight is 329 g/mol. The Morgan fingerprint density at radius 1 is 1.27 bits per heavy atom. The number of nitrogens with zero attached hydrogens (tertiary/aromatic N) is 2. The van der Waals surface area contributed by atoms with Gasteiger partial charge in [-0.2, -0.15) is 13.2 Å². The Morgan fingerprint density at radius 2 is 2.00 bits per heavy atom. The molecule has 0 fully saturated rings. The molecule has 0 aliphatic carbocycles. The molecule has 0 spiro atoms. The van der Waals surface area contributed by atoms with Crippen LogP contribution in [0.1, 0.15) is 21.5 Å². The maximum Gasteiger partial charge on any atom is 0.416 e. The van der Waals surface area contributed by atoms with Crippen LogP contribution in [0.5, 0.6) is 0 Å². The van der Waals surface area contributed by atoms with Crippen LogP contribution in [0.25, 0.3) is 0 Å². The zero-order valence-electron chi connectivity index (χ0n) is 11.6. The largest absolute Gasteiger partial charge is 0.416 e. The lowest BCUT2D eigenvalue weighted by Crippen LogP contribution is -2.26. The van der Waals surface area contributed by atoms with Crippen LogP contribution in [0, 0.1) is 0 Å². The number of aromatic nitrogens is 1. The predicted molar refractivity (Wildman–Crippen MR) is 76.5 cm³/mol. The van der Waals surface area contributed by atoms with Crippen LogP contribution in [0.3, 0.4) is 0 Å². The van der Waals surface area contributed by atoms with Gasteiger partial charge in [-0.05, 0) is 29.8 Å². The first-order valence-corrected chi connectivity index (χ1v) is 6.68. The van der Waals surface area contributed by atoms with E-state index in [0.717, 1.165) is 12.1 Å². The number of hydrogen-bond acceptors (Lipinski definition) is 2. The minimum absolute atomic E-state index is 0.0609. The maximum absolute atomic E-state index is 12.7. The number of rotatable bonds is 3. The Bertz CT molecular complexity index is 671. The van der Waals surface area contributed by atoms with Gasteiger partial charge in [-0.25, -0.2) is 4.98 Å². The van der Waals surface area contributed by atoms with E-state index < -0.39 is 11.7 Å². The second-order valence-electron chi connectivity index (χ2n) is 4.73. The van der Waals surface area contributed by atoms with E-state index in [-0.39, 0.29) is 17.6 Å². The van der Waals surface area contributed by atoms with Gasteiger partial charge in [-0.15, -0.1) is 0 Å². The third-order valence-electron chi connectivity index (χ3n) is 3.00. The first-order chi connectivity index (χ1) is 10.3. The summed E-state index contributed by atoms with van der Waals surface area (Å²) >= 11 is 5.64. The van der Waals surface area contributed by atoms with Crippen molar-refractivity contribution in [2.24, 2.45) is 0 Å². The number of halogens is 4. The Kier molecular flexibility index (Phi) is 4.71. The zero-order valence-corrected chi connectivity index (χ0v) is 12.3. The minimum Gasteiger partial charge on any atom is -0.337 e. The molecule has 2 rings (SSSR count). The molecule has 0 N–H and O–H groups in total. The second-order valence-corrected chi connectivity index (χ2v) is 5.12. The highest BCUT2D eigenvalue weighted by atomic mass is 35.5. The lowest BCUT2D eigenvalue weighted by atomic mass is 10.1. The molecular formula is C15H12ClF3N2O. The van der Waals surface area contributed by atoms with Crippen LogP contribution >= 0.6 is 11.6 Å². The van der Waals surface area contributed by atoms with Gasteiger partial charge in [0.15, 0.2) is 0 Å². The Labute approximate surface area is 130 Å². The number of benzene rings is 1. The number of carbonyl (C=O) groups is 1. The topological polar surface area (TPSA) is 33.2 Å². The molecule has 116 valence electrons. The fourth-order valence-electron chi connectivity index (χ4n) is 1.91. The van der Waals surface area contributed by atoms with E-state index in [9.17, 15) is 18.0 Å². The van der Waals surface area contributed by atoms with Crippen molar-refractivity contribution >= 4 is 17.5 Å². The highest BCUT2D eigenvalue weighted by Crippen LogP contribution is 2.29. The van der Waals surface area contributed by atoms with E-state index in [1.54, 1.807) is 6.07 Å². The molecule has 0 bridgehead atoms. The Morgan fingerprint density at radius 3 is 2.59 bits per heavy atom. The van der Waals surface area contributed by atoms with Gasteiger partial charge in [-0.3, -0.25) is 4.79 Å². The molecule has 0 aliphatic rings. The van der Waals surface area contributed by atoms with Crippen molar-refractivity contribution < 1.29 is 18.0 Å². The van der Waals surface area contributed by atoms with E-state index in [1.807, 2.05) is 0 Å². The van der Waals surface area contributed by atoms with Crippen molar-refractivity contribution in [1.29, 1.82) is 0 Å². The third kappa shape index (κ3) is 3.98. The van der Waals surface area contributed by atoms with Gasteiger partial charge >= 0.3 is 6.18 Å². The van der Waals surface area contributed by atoms with Crippen LogP contribution < -0.4 is 0 Å². The molecule has 3 nitrogen and oxygen atoms in total. The molecule has 1 amide bonds. The summed E-state index contributed by atoms with van der Waals surface area (Å²) in [6.07, 6.45) is -3.08. The van der Waals surface area contributed by atoms with Crippen molar-refractivity contribution in [2.45, 2.75) is 12.7 Å². The Balaban J connectivity index is 2.13. The molecule has 1 heterocycles. The van der Waals surface area contributed by atoms with Gasteiger partial charge in [0.2, 0.25) is 0 Å². The number of amides is 1. The lowest BCUT2D eigenvalue weighted by molar-refractivity contribution is -0.137. The summed E-state index contributed by atoms with van der Waals surface area (Å²) in [6, 6.07) is 7.88. The summed E-state index contributed by atoms with van der Waals surface area (Å²) in [4.78, 5) is 17.3. The number of pyridine rings is 1. The number of hydrogen-bond donors (Lipinski definition) is 0. The number of carbonyl (C=O) groups excluding carboxylic acids is 1. The summed E-state index contributed by atoms with van der Waals surface area (Å²) in [7, 11) is 1.51. The molecule has 0 saturated heterocycles. The fourth-order valence-corrected chi connectivity index (χ4v) is 2.03. The minimum atomic E-state index is -4.40. The molecule has 7 heteroatoms. The normalized spacial score (nSPS) is 11.3. The first-order valence-electron chi connectivity index (χ1n) is 6.30. The molecule has 0 atom stereocenters. The van der Waals surface area contributed by atoms with E-state index >= 15 is 0 Å². The molecule has 2 aromatic rings. The van der Waals surface area contributed by atoms with Crippen LogP contribution in [-0.2, 0) is 12.7 Å². The second kappa shape index (κ2) is 6.36. The van der Waals surface area contributed by atoms with Gasteiger partial charge in [0.25, 0.3) is 5.91 Å². The molecule has 22 heavy (non-hydrogen) atoms. The van der Waals surface area contributed by atoms with Crippen LogP contribution in [0.4, 0.5) is 13.2 Å². The lowest BCUT2D eigenvalue weighted by Gasteiger charge is -2.18. The van der Waals surface area contributed by atoms with E-state index in [4.69, 9.17) is 11.6 Å². The van der Waals surface area contributed by atoms with E-state index in [2.05, 4.69) is 4.98 Å². The molecular weight excluding hydrogens is 317 g/mol. The van der Waals surface area contributed by atoms with Gasteiger partial charge < -0.3 is 4.90 Å². The quantitative estimate of drug-likeness (QED) is 0.797. The maximum atomic E-state index is 12.7. The van der Waals surface area contributed by atoms with Crippen molar-refractivity contribution in [1.82, 2.24) is 9.88 Å². The monoisotopic (exact) mass is 328 g/mol. The molecule has 0 saturated carbocycles. The third-order valence-corrected chi connectivity index (χ3v) is 3.22.